The van der Waals surface area contributed by atoms with E-state index in [9.17, 15) is 4.79 Å². The maximum absolute atomic E-state index is 13.6. The fourth-order valence-electron chi connectivity index (χ4n) is 3.61. The third kappa shape index (κ3) is 4.68. The third-order valence-electron chi connectivity index (χ3n) is 5.21. The Labute approximate surface area is 195 Å². The molecule has 5 aromatic rings. The van der Waals surface area contributed by atoms with Gasteiger partial charge in [0.2, 0.25) is 0 Å². The maximum Gasteiger partial charge on any atom is 0.277 e. The summed E-state index contributed by atoms with van der Waals surface area (Å²) < 4.78 is 11.6. The van der Waals surface area contributed by atoms with E-state index in [1.54, 1.807) is 6.20 Å². The monoisotopic (exact) mass is 455 g/mol. The molecular weight excluding hydrogens is 434 g/mol. The number of rotatable bonds is 8. The number of nitrogens with one attached hydrogen (secondary N) is 1. The number of thioether (sulfide) groups is 1. The van der Waals surface area contributed by atoms with Crippen LogP contribution in [0.25, 0.3) is 10.9 Å². The fourth-order valence-corrected chi connectivity index (χ4v) is 4.57. The van der Waals surface area contributed by atoms with Crippen LogP contribution in [0.4, 0.5) is 0 Å². The van der Waals surface area contributed by atoms with E-state index in [1.165, 1.54) is 11.8 Å². The molecule has 2 heterocycles. The Kier molecular flexibility index (Phi) is 5.95. The second-order valence-corrected chi connectivity index (χ2v) is 8.64. The van der Waals surface area contributed by atoms with Gasteiger partial charge in [-0.1, -0.05) is 60.7 Å². The summed E-state index contributed by atoms with van der Waals surface area (Å²) in [6.45, 7) is 2.16. The van der Waals surface area contributed by atoms with Crippen molar-refractivity contribution in [2.45, 2.75) is 24.0 Å². The van der Waals surface area contributed by atoms with Crippen LogP contribution in [0.15, 0.2) is 94.7 Å². The first kappa shape index (κ1) is 21.0. The minimum atomic E-state index is -0.531. The van der Waals surface area contributed by atoms with Crippen molar-refractivity contribution in [3.8, 4) is 5.75 Å². The van der Waals surface area contributed by atoms with E-state index in [-0.39, 0.29) is 12.4 Å². The van der Waals surface area contributed by atoms with Gasteiger partial charge in [0, 0.05) is 22.7 Å². The Hall–Kier alpha value is -3.84. The normalized spacial score (nSPS) is 12.0. The number of H-pyrrole nitrogens is 1. The van der Waals surface area contributed by atoms with E-state index < -0.39 is 5.25 Å². The van der Waals surface area contributed by atoms with Crippen LogP contribution in [-0.2, 0) is 6.61 Å². The van der Waals surface area contributed by atoms with Gasteiger partial charge in [0.1, 0.15) is 11.0 Å². The SMILES string of the molecule is Cc1cccc(OCc2nnc(SC(C(=O)c3c[nH]c4ccccc34)c3ccccc3)o2)c1. The smallest absolute Gasteiger partial charge is 0.277 e. The highest BCUT2D eigenvalue weighted by molar-refractivity contribution is 8.00. The van der Waals surface area contributed by atoms with Crippen LogP contribution < -0.4 is 4.74 Å². The number of nitrogens with zero attached hydrogens (tertiary/aromatic N) is 2. The molecule has 7 heteroatoms. The summed E-state index contributed by atoms with van der Waals surface area (Å²) in [6.07, 6.45) is 1.76. The third-order valence-corrected chi connectivity index (χ3v) is 6.30. The van der Waals surface area contributed by atoms with Crippen molar-refractivity contribution in [1.29, 1.82) is 0 Å². The molecule has 1 unspecified atom stereocenters. The van der Waals surface area contributed by atoms with E-state index in [2.05, 4.69) is 15.2 Å². The Morgan fingerprint density at radius 2 is 1.85 bits per heavy atom. The van der Waals surface area contributed by atoms with Gasteiger partial charge in [-0.3, -0.25) is 4.79 Å². The van der Waals surface area contributed by atoms with Gasteiger partial charge < -0.3 is 14.1 Å². The average Bonchev–Trinajstić information content (AvgIpc) is 3.48. The molecule has 0 saturated heterocycles. The highest BCUT2D eigenvalue weighted by atomic mass is 32.2. The molecule has 1 N–H and O–H groups in total. The lowest BCUT2D eigenvalue weighted by molar-refractivity contribution is 0.0990. The number of aromatic nitrogens is 3. The summed E-state index contributed by atoms with van der Waals surface area (Å²) in [5.74, 6) is 1.06. The molecule has 1 atom stereocenters. The first-order valence-corrected chi connectivity index (χ1v) is 11.4. The summed E-state index contributed by atoms with van der Waals surface area (Å²) >= 11 is 1.24. The number of ketones is 1. The molecular formula is C26H21N3O3S. The molecule has 0 saturated carbocycles. The second kappa shape index (κ2) is 9.34. The number of Topliss-reactive ketones (excluding diaryl/α,β-unsaturated/α-hetero) is 1. The number of hydrogen-bond acceptors (Lipinski definition) is 6. The number of benzene rings is 3. The Bertz CT molecular complexity index is 1390. The minimum absolute atomic E-state index is 0.0283. The van der Waals surface area contributed by atoms with Crippen molar-refractivity contribution < 1.29 is 13.9 Å². The summed E-state index contributed by atoms with van der Waals surface area (Å²) in [5.41, 5.74) is 3.53. The van der Waals surface area contributed by atoms with Crippen LogP contribution in [0.3, 0.4) is 0 Å². The van der Waals surface area contributed by atoms with Crippen LogP contribution in [-0.4, -0.2) is 21.0 Å². The van der Waals surface area contributed by atoms with E-state index in [0.717, 1.165) is 27.8 Å². The van der Waals surface area contributed by atoms with Crippen molar-refractivity contribution in [3.63, 3.8) is 0 Å². The van der Waals surface area contributed by atoms with Gasteiger partial charge in [-0.15, -0.1) is 10.2 Å². The molecule has 0 fully saturated rings. The van der Waals surface area contributed by atoms with Crippen LogP contribution in [0, 0.1) is 6.92 Å². The molecule has 0 aliphatic rings. The Balaban J connectivity index is 1.38. The molecule has 5 rings (SSSR count). The maximum atomic E-state index is 13.6. The summed E-state index contributed by atoms with van der Waals surface area (Å²) in [4.78, 5) is 16.8. The van der Waals surface area contributed by atoms with Crippen molar-refractivity contribution in [3.05, 3.63) is 108 Å². The number of para-hydroxylation sites is 1. The standard InChI is InChI=1S/C26H21N3O3S/c1-17-8-7-11-19(14-17)31-16-23-28-29-26(32-23)33-25(18-9-3-2-4-10-18)24(30)21-15-27-22-13-6-5-12-20(21)22/h2-15,25,27H,16H2,1H3. The molecule has 2 aromatic heterocycles. The first-order valence-electron chi connectivity index (χ1n) is 10.5. The van der Waals surface area contributed by atoms with E-state index in [4.69, 9.17) is 9.15 Å². The lowest BCUT2D eigenvalue weighted by Gasteiger charge is -2.13. The number of fused-ring (bicyclic) bond motifs is 1. The lowest BCUT2D eigenvalue weighted by Crippen LogP contribution is -2.09. The van der Waals surface area contributed by atoms with Crippen LogP contribution in [0.1, 0.15) is 32.6 Å². The highest BCUT2D eigenvalue weighted by Gasteiger charge is 2.27. The van der Waals surface area contributed by atoms with E-state index in [1.807, 2.05) is 85.8 Å². The zero-order valence-electron chi connectivity index (χ0n) is 17.9. The first-order chi connectivity index (χ1) is 16.2. The lowest BCUT2D eigenvalue weighted by atomic mass is 10.0. The van der Waals surface area contributed by atoms with Gasteiger partial charge in [0.05, 0.1) is 0 Å². The zero-order valence-corrected chi connectivity index (χ0v) is 18.7. The van der Waals surface area contributed by atoms with Gasteiger partial charge in [0.15, 0.2) is 12.4 Å². The summed E-state index contributed by atoms with van der Waals surface area (Å²) in [7, 11) is 0. The van der Waals surface area contributed by atoms with Crippen molar-refractivity contribution in [1.82, 2.24) is 15.2 Å². The van der Waals surface area contributed by atoms with Gasteiger partial charge >= 0.3 is 0 Å². The van der Waals surface area contributed by atoms with Gasteiger partial charge in [0.25, 0.3) is 11.1 Å². The number of aromatic amines is 1. The van der Waals surface area contributed by atoms with Crippen LogP contribution >= 0.6 is 11.8 Å². The van der Waals surface area contributed by atoms with Gasteiger partial charge in [-0.05, 0) is 48.0 Å². The molecule has 0 amide bonds. The van der Waals surface area contributed by atoms with Crippen molar-refractivity contribution in [2.75, 3.05) is 0 Å². The quantitative estimate of drug-likeness (QED) is 0.223. The van der Waals surface area contributed by atoms with Crippen molar-refractivity contribution in [2.24, 2.45) is 0 Å². The highest BCUT2D eigenvalue weighted by Crippen LogP contribution is 2.38. The molecule has 3 aromatic carbocycles. The number of ether oxygens (including phenoxy) is 1. The summed E-state index contributed by atoms with van der Waals surface area (Å²) in [5, 5.41) is 8.91. The van der Waals surface area contributed by atoms with Crippen LogP contribution in [0.5, 0.6) is 5.75 Å². The van der Waals surface area contributed by atoms with E-state index in [0.29, 0.717) is 16.7 Å². The molecule has 0 aliphatic heterocycles. The molecule has 164 valence electrons. The second-order valence-electron chi connectivity index (χ2n) is 7.59. The molecule has 33 heavy (non-hydrogen) atoms. The summed E-state index contributed by atoms with van der Waals surface area (Å²) in [6, 6.07) is 25.1. The number of hydrogen-bond donors (Lipinski definition) is 1. The molecule has 0 spiro atoms. The predicted molar refractivity (Wildman–Crippen MR) is 127 cm³/mol. The van der Waals surface area contributed by atoms with Gasteiger partial charge in [-0.2, -0.15) is 0 Å². The largest absolute Gasteiger partial charge is 0.484 e. The molecule has 0 aliphatic carbocycles. The van der Waals surface area contributed by atoms with Crippen molar-refractivity contribution >= 4 is 28.4 Å². The molecule has 0 bridgehead atoms. The Morgan fingerprint density at radius 3 is 2.70 bits per heavy atom. The number of carbonyl (C=O) groups is 1. The van der Waals surface area contributed by atoms with Crippen LogP contribution in [0.2, 0.25) is 0 Å². The van der Waals surface area contributed by atoms with Gasteiger partial charge in [-0.25, -0.2) is 0 Å². The molecule has 0 radical (unpaired) electrons. The number of aryl methyl sites for hydroxylation is 1. The topological polar surface area (TPSA) is 81.0 Å². The number of carbonyl (C=O) groups excluding carboxylic acids is 1. The molecule has 6 nitrogen and oxygen atoms in total. The zero-order chi connectivity index (χ0) is 22.6. The average molecular weight is 456 g/mol. The predicted octanol–water partition coefficient (Wildman–Crippen LogP) is 6.15. The fraction of sp³-hybridized carbons (Fsp3) is 0.115. The Morgan fingerprint density at radius 1 is 1.03 bits per heavy atom. The minimum Gasteiger partial charge on any atom is -0.484 e. The van der Waals surface area contributed by atoms with E-state index >= 15 is 0 Å².